The summed E-state index contributed by atoms with van der Waals surface area (Å²) in [6, 6.07) is 1.83. The van der Waals surface area contributed by atoms with Crippen LogP contribution in [0, 0.1) is 11.6 Å². The van der Waals surface area contributed by atoms with Crippen LogP contribution in [0.5, 0.6) is 5.75 Å². The van der Waals surface area contributed by atoms with Crippen molar-refractivity contribution in [3.05, 3.63) is 29.3 Å². The summed E-state index contributed by atoms with van der Waals surface area (Å²) in [5.41, 5.74) is -1.36. The largest absolute Gasteiger partial charge is 0.494 e. The molecule has 1 aromatic rings. The van der Waals surface area contributed by atoms with Gasteiger partial charge in [-0.2, -0.15) is 0 Å². The normalized spacial score (nSPS) is 17.4. The Kier molecular flexibility index (Phi) is 2.77. The Morgan fingerprint density at radius 1 is 1.35 bits per heavy atom. The molecule has 92 valence electrons. The molecule has 3 nitrogen and oxygen atoms in total. The average Bonchev–Trinajstić information content (AvgIpc) is 2.20. The summed E-state index contributed by atoms with van der Waals surface area (Å²) < 4.78 is 31.9. The average molecular weight is 242 g/mol. The van der Waals surface area contributed by atoms with Crippen molar-refractivity contribution in [2.45, 2.75) is 24.7 Å². The SMILES string of the molecule is COc1cc(F)c(C2(C(=O)O)CCC2)cc1F. The first kappa shape index (κ1) is 11.8. The fourth-order valence-corrected chi connectivity index (χ4v) is 2.18. The van der Waals surface area contributed by atoms with Crippen molar-refractivity contribution < 1.29 is 23.4 Å². The van der Waals surface area contributed by atoms with Crippen molar-refractivity contribution in [1.29, 1.82) is 0 Å². The summed E-state index contributed by atoms with van der Waals surface area (Å²) in [6.07, 6.45) is 1.38. The second-order valence-corrected chi connectivity index (χ2v) is 4.21. The third-order valence-corrected chi connectivity index (χ3v) is 3.37. The lowest BCUT2D eigenvalue weighted by Gasteiger charge is -2.38. The Bertz CT molecular complexity index is 467. The van der Waals surface area contributed by atoms with E-state index in [9.17, 15) is 13.6 Å². The molecule has 0 amide bonds. The van der Waals surface area contributed by atoms with Gasteiger partial charge < -0.3 is 9.84 Å². The van der Waals surface area contributed by atoms with Crippen LogP contribution in [0.2, 0.25) is 0 Å². The van der Waals surface area contributed by atoms with Crippen LogP contribution < -0.4 is 4.74 Å². The number of benzene rings is 1. The zero-order valence-corrected chi connectivity index (χ0v) is 9.30. The molecule has 0 aromatic heterocycles. The number of carboxylic acids is 1. The predicted molar refractivity (Wildman–Crippen MR) is 56.1 cm³/mol. The summed E-state index contributed by atoms with van der Waals surface area (Å²) in [5.74, 6) is -2.79. The molecule has 0 unspecified atom stereocenters. The number of carboxylic acid groups (broad SMARTS) is 1. The molecular formula is C12H12F2O3. The van der Waals surface area contributed by atoms with Crippen LogP contribution in [0.4, 0.5) is 8.78 Å². The van der Waals surface area contributed by atoms with Gasteiger partial charge in [0.2, 0.25) is 0 Å². The molecule has 1 aliphatic carbocycles. The van der Waals surface area contributed by atoms with Gasteiger partial charge in [-0.3, -0.25) is 4.79 Å². The molecule has 5 heteroatoms. The van der Waals surface area contributed by atoms with E-state index in [1.807, 2.05) is 0 Å². The zero-order chi connectivity index (χ0) is 12.6. The molecule has 0 bridgehead atoms. The van der Waals surface area contributed by atoms with Crippen LogP contribution in [0.15, 0.2) is 12.1 Å². The van der Waals surface area contributed by atoms with E-state index in [4.69, 9.17) is 5.11 Å². The highest BCUT2D eigenvalue weighted by molar-refractivity contribution is 5.82. The van der Waals surface area contributed by atoms with Crippen molar-refractivity contribution in [2.75, 3.05) is 7.11 Å². The first-order valence-electron chi connectivity index (χ1n) is 5.28. The first-order chi connectivity index (χ1) is 8.01. The van der Waals surface area contributed by atoms with Gasteiger partial charge in [-0.05, 0) is 18.9 Å². The zero-order valence-electron chi connectivity index (χ0n) is 9.30. The highest BCUT2D eigenvalue weighted by Crippen LogP contribution is 2.45. The minimum atomic E-state index is -1.27. The maximum Gasteiger partial charge on any atom is 0.314 e. The van der Waals surface area contributed by atoms with E-state index in [1.54, 1.807) is 0 Å². The van der Waals surface area contributed by atoms with Crippen molar-refractivity contribution in [1.82, 2.24) is 0 Å². The minimum Gasteiger partial charge on any atom is -0.494 e. The van der Waals surface area contributed by atoms with Gasteiger partial charge in [-0.1, -0.05) is 6.42 Å². The van der Waals surface area contributed by atoms with Crippen LogP contribution in [0.25, 0.3) is 0 Å². The summed E-state index contributed by atoms with van der Waals surface area (Å²) in [7, 11) is 1.23. The monoisotopic (exact) mass is 242 g/mol. The fourth-order valence-electron chi connectivity index (χ4n) is 2.18. The molecule has 1 N–H and O–H groups in total. The smallest absolute Gasteiger partial charge is 0.314 e. The summed E-state index contributed by atoms with van der Waals surface area (Å²) in [5, 5.41) is 9.16. The minimum absolute atomic E-state index is 0.0884. The highest BCUT2D eigenvalue weighted by atomic mass is 19.1. The maximum atomic E-state index is 13.8. The fraction of sp³-hybridized carbons (Fsp3) is 0.417. The number of halogens is 2. The van der Waals surface area contributed by atoms with Crippen LogP contribution in [-0.2, 0) is 10.2 Å². The quantitative estimate of drug-likeness (QED) is 0.885. The molecular weight excluding hydrogens is 230 g/mol. The molecule has 0 aliphatic heterocycles. The lowest BCUT2D eigenvalue weighted by Crippen LogP contribution is -2.43. The third-order valence-electron chi connectivity index (χ3n) is 3.37. The molecule has 1 aromatic carbocycles. The van der Waals surface area contributed by atoms with E-state index in [2.05, 4.69) is 4.74 Å². The summed E-state index contributed by atoms with van der Waals surface area (Å²) in [4.78, 5) is 11.2. The van der Waals surface area contributed by atoms with Gasteiger partial charge in [0.1, 0.15) is 5.82 Å². The number of methoxy groups -OCH3 is 1. The Morgan fingerprint density at radius 2 is 2.00 bits per heavy atom. The Morgan fingerprint density at radius 3 is 2.41 bits per heavy atom. The van der Waals surface area contributed by atoms with Gasteiger partial charge >= 0.3 is 5.97 Å². The van der Waals surface area contributed by atoms with E-state index in [-0.39, 0.29) is 11.3 Å². The second-order valence-electron chi connectivity index (χ2n) is 4.21. The number of hydrogen-bond donors (Lipinski definition) is 1. The Hall–Kier alpha value is -1.65. The van der Waals surface area contributed by atoms with Crippen molar-refractivity contribution >= 4 is 5.97 Å². The second kappa shape index (κ2) is 3.98. The number of hydrogen-bond acceptors (Lipinski definition) is 2. The molecule has 0 atom stereocenters. The molecule has 2 rings (SSSR count). The van der Waals surface area contributed by atoms with Crippen LogP contribution >= 0.6 is 0 Å². The lowest BCUT2D eigenvalue weighted by atomic mass is 9.64. The Balaban J connectivity index is 2.52. The first-order valence-corrected chi connectivity index (χ1v) is 5.28. The van der Waals surface area contributed by atoms with Gasteiger partial charge in [-0.25, -0.2) is 8.78 Å². The molecule has 1 aliphatic rings. The van der Waals surface area contributed by atoms with Gasteiger partial charge in [0.25, 0.3) is 0 Å². The van der Waals surface area contributed by atoms with E-state index in [1.165, 1.54) is 7.11 Å². The van der Waals surface area contributed by atoms with E-state index < -0.39 is 23.0 Å². The summed E-state index contributed by atoms with van der Waals surface area (Å²) in [6.45, 7) is 0. The number of aliphatic carboxylic acids is 1. The van der Waals surface area contributed by atoms with E-state index >= 15 is 0 Å². The topological polar surface area (TPSA) is 46.5 Å². The molecule has 1 saturated carbocycles. The van der Waals surface area contributed by atoms with E-state index in [0.29, 0.717) is 19.3 Å². The molecule has 0 spiro atoms. The van der Waals surface area contributed by atoms with Gasteiger partial charge in [-0.15, -0.1) is 0 Å². The van der Waals surface area contributed by atoms with Crippen LogP contribution in [0.3, 0.4) is 0 Å². The number of ether oxygens (including phenoxy) is 1. The van der Waals surface area contributed by atoms with Crippen LogP contribution in [0.1, 0.15) is 24.8 Å². The van der Waals surface area contributed by atoms with Crippen molar-refractivity contribution in [3.63, 3.8) is 0 Å². The molecule has 17 heavy (non-hydrogen) atoms. The highest BCUT2D eigenvalue weighted by Gasteiger charge is 2.48. The molecule has 0 radical (unpaired) electrons. The Labute approximate surface area is 97.0 Å². The van der Waals surface area contributed by atoms with E-state index in [0.717, 1.165) is 12.1 Å². The molecule has 1 fully saturated rings. The predicted octanol–water partition coefficient (Wildman–Crippen LogP) is 2.48. The third kappa shape index (κ3) is 1.66. The van der Waals surface area contributed by atoms with Crippen molar-refractivity contribution in [3.8, 4) is 5.75 Å². The molecule has 0 saturated heterocycles. The van der Waals surface area contributed by atoms with Crippen LogP contribution in [-0.4, -0.2) is 18.2 Å². The van der Waals surface area contributed by atoms with Gasteiger partial charge in [0.05, 0.1) is 12.5 Å². The lowest BCUT2D eigenvalue weighted by molar-refractivity contribution is -0.147. The maximum absolute atomic E-state index is 13.8. The molecule has 0 heterocycles. The number of rotatable bonds is 3. The van der Waals surface area contributed by atoms with Gasteiger partial charge in [0, 0.05) is 11.6 Å². The summed E-state index contributed by atoms with van der Waals surface area (Å²) >= 11 is 0. The standard InChI is InChI=1S/C12H12F2O3/c1-17-10-6-8(13)7(5-9(10)14)12(11(15)16)3-2-4-12/h5-6H,2-4H2,1H3,(H,15,16). The van der Waals surface area contributed by atoms with Crippen molar-refractivity contribution in [2.24, 2.45) is 0 Å². The van der Waals surface area contributed by atoms with Gasteiger partial charge in [0.15, 0.2) is 11.6 Å². The number of carbonyl (C=O) groups is 1.